The molecule has 5 rings (SSSR count). The average molecular weight is 469 g/mol. The first-order valence-electron chi connectivity index (χ1n) is 12.6. The number of carbonyl (C=O) groups excluding carboxylic acids is 2. The standard InChI is InChI=1S/C29H32N4O2/c34-28(12-9-22-7-3-1-4-8-22)33-19-14-23(15-20-33)29(35)31-26-10-11-27(32-17-5-2-6-18-32)24-13-16-30-21-25(24)26/h1,3-4,7-13,16,21,23H,2,5-6,14-15,17-20H2,(H,31,35)/b12-9+. The minimum Gasteiger partial charge on any atom is -0.371 e. The van der Waals surface area contributed by atoms with Crippen LogP contribution in [0.3, 0.4) is 0 Å². The molecule has 2 aliphatic rings. The highest BCUT2D eigenvalue weighted by molar-refractivity contribution is 6.07. The quantitative estimate of drug-likeness (QED) is 0.528. The van der Waals surface area contributed by atoms with Crippen LogP contribution in [-0.2, 0) is 9.59 Å². The number of fused-ring (bicyclic) bond motifs is 1. The Morgan fingerprint density at radius 2 is 1.66 bits per heavy atom. The molecular formula is C29H32N4O2. The molecule has 2 saturated heterocycles. The van der Waals surface area contributed by atoms with Gasteiger partial charge >= 0.3 is 0 Å². The van der Waals surface area contributed by atoms with Crippen molar-refractivity contribution in [2.45, 2.75) is 32.1 Å². The molecule has 3 heterocycles. The predicted octanol–water partition coefficient (Wildman–Crippen LogP) is 5.12. The van der Waals surface area contributed by atoms with E-state index in [9.17, 15) is 9.59 Å². The molecular weight excluding hydrogens is 436 g/mol. The van der Waals surface area contributed by atoms with Gasteiger partial charge in [0.25, 0.3) is 0 Å². The first-order valence-corrected chi connectivity index (χ1v) is 12.6. The number of nitrogens with zero attached hydrogens (tertiary/aromatic N) is 3. The molecule has 0 saturated carbocycles. The number of carbonyl (C=O) groups is 2. The van der Waals surface area contributed by atoms with E-state index in [2.05, 4.69) is 21.3 Å². The number of likely N-dealkylation sites (tertiary alicyclic amines) is 1. The summed E-state index contributed by atoms with van der Waals surface area (Å²) < 4.78 is 0. The molecule has 2 aromatic carbocycles. The fraction of sp³-hybridized carbons (Fsp3) is 0.345. The number of benzene rings is 2. The Hall–Kier alpha value is -3.67. The molecule has 0 spiro atoms. The van der Waals surface area contributed by atoms with Crippen molar-refractivity contribution in [3.63, 3.8) is 0 Å². The van der Waals surface area contributed by atoms with Crippen LogP contribution in [0.5, 0.6) is 0 Å². The van der Waals surface area contributed by atoms with Gasteiger partial charge in [0.15, 0.2) is 0 Å². The molecule has 2 amide bonds. The lowest BCUT2D eigenvalue weighted by Crippen LogP contribution is -2.40. The maximum Gasteiger partial charge on any atom is 0.246 e. The maximum atomic E-state index is 13.1. The van der Waals surface area contributed by atoms with Gasteiger partial charge in [-0.1, -0.05) is 30.3 Å². The first-order chi connectivity index (χ1) is 17.2. The monoisotopic (exact) mass is 468 g/mol. The Morgan fingerprint density at radius 3 is 2.43 bits per heavy atom. The van der Waals surface area contributed by atoms with E-state index >= 15 is 0 Å². The number of anilines is 2. The zero-order valence-electron chi connectivity index (χ0n) is 20.0. The number of hydrogen-bond donors (Lipinski definition) is 1. The number of rotatable bonds is 5. The van der Waals surface area contributed by atoms with Crippen molar-refractivity contribution in [1.82, 2.24) is 9.88 Å². The van der Waals surface area contributed by atoms with Crippen molar-refractivity contribution >= 4 is 40.0 Å². The summed E-state index contributed by atoms with van der Waals surface area (Å²) in [6.07, 6.45) is 12.2. The Labute approximate surface area is 206 Å². The fourth-order valence-corrected chi connectivity index (χ4v) is 5.13. The predicted molar refractivity (Wildman–Crippen MR) is 141 cm³/mol. The lowest BCUT2D eigenvalue weighted by atomic mass is 9.95. The van der Waals surface area contributed by atoms with Crippen molar-refractivity contribution in [1.29, 1.82) is 0 Å². The van der Waals surface area contributed by atoms with E-state index < -0.39 is 0 Å². The normalized spacial score (nSPS) is 17.1. The van der Waals surface area contributed by atoms with Gasteiger partial charge in [-0.25, -0.2) is 0 Å². The Bertz CT molecular complexity index is 1210. The van der Waals surface area contributed by atoms with Crippen molar-refractivity contribution in [3.8, 4) is 0 Å². The molecule has 0 unspecified atom stereocenters. The van der Waals surface area contributed by atoms with Gasteiger partial charge in [-0.05, 0) is 61.9 Å². The summed E-state index contributed by atoms with van der Waals surface area (Å²) in [5, 5.41) is 5.27. The molecule has 2 aliphatic heterocycles. The van der Waals surface area contributed by atoms with E-state index in [1.54, 1.807) is 6.08 Å². The maximum absolute atomic E-state index is 13.1. The zero-order valence-corrected chi connectivity index (χ0v) is 20.0. The van der Waals surface area contributed by atoms with Gasteiger partial charge in [0.1, 0.15) is 0 Å². The van der Waals surface area contributed by atoms with Crippen LogP contribution < -0.4 is 10.2 Å². The molecule has 3 aromatic rings. The number of nitrogens with one attached hydrogen (secondary N) is 1. The van der Waals surface area contributed by atoms with E-state index in [0.717, 1.165) is 35.1 Å². The number of aromatic nitrogens is 1. The van der Waals surface area contributed by atoms with Gasteiger partial charge in [-0.3, -0.25) is 14.6 Å². The second-order valence-corrected chi connectivity index (χ2v) is 9.43. The zero-order chi connectivity index (χ0) is 24.0. The molecule has 1 N–H and O–H groups in total. The lowest BCUT2D eigenvalue weighted by molar-refractivity contribution is -0.130. The van der Waals surface area contributed by atoms with E-state index in [4.69, 9.17) is 0 Å². The number of pyridine rings is 1. The van der Waals surface area contributed by atoms with Crippen LogP contribution in [0.4, 0.5) is 11.4 Å². The number of amides is 2. The molecule has 6 nitrogen and oxygen atoms in total. The highest BCUT2D eigenvalue weighted by Gasteiger charge is 2.27. The lowest BCUT2D eigenvalue weighted by Gasteiger charge is -2.31. The summed E-state index contributed by atoms with van der Waals surface area (Å²) >= 11 is 0. The Balaban J connectivity index is 1.22. The molecule has 6 heteroatoms. The minimum absolute atomic E-state index is 0.00178. The van der Waals surface area contributed by atoms with Crippen LogP contribution in [0.15, 0.2) is 67.0 Å². The van der Waals surface area contributed by atoms with Gasteiger partial charge in [0.05, 0.1) is 5.69 Å². The van der Waals surface area contributed by atoms with Crippen molar-refractivity contribution in [2.75, 3.05) is 36.4 Å². The van der Waals surface area contributed by atoms with Gasteiger partial charge in [0, 0.05) is 67.0 Å². The molecule has 1 aromatic heterocycles. The molecule has 2 fully saturated rings. The SMILES string of the molecule is O=C(Nc1ccc(N2CCCCC2)c2ccncc12)C1CCN(C(=O)/C=C/c2ccccc2)CC1. The highest BCUT2D eigenvalue weighted by atomic mass is 16.2. The van der Waals surface area contributed by atoms with Gasteiger partial charge in [0.2, 0.25) is 11.8 Å². The van der Waals surface area contributed by atoms with Gasteiger partial charge in [-0.15, -0.1) is 0 Å². The van der Waals surface area contributed by atoms with Crippen LogP contribution in [0.25, 0.3) is 16.8 Å². The highest BCUT2D eigenvalue weighted by Crippen LogP contribution is 2.34. The third kappa shape index (κ3) is 5.37. The topological polar surface area (TPSA) is 65.5 Å². The van der Waals surface area contributed by atoms with E-state index in [0.29, 0.717) is 25.9 Å². The van der Waals surface area contributed by atoms with E-state index in [1.165, 1.54) is 24.9 Å². The molecule has 180 valence electrons. The van der Waals surface area contributed by atoms with Crippen molar-refractivity contribution < 1.29 is 9.59 Å². The van der Waals surface area contributed by atoms with Crippen molar-refractivity contribution in [2.24, 2.45) is 5.92 Å². The molecule has 0 aliphatic carbocycles. The van der Waals surface area contributed by atoms with Crippen LogP contribution >= 0.6 is 0 Å². The molecule has 0 bridgehead atoms. The minimum atomic E-state index is -0.106. The third-order valence-electron chi connectivity index (χ3n) is 7.15. The van der Waals surface area contributed by atoms with Gasteiger partial charge in [-0.2, -0.15) is 0 Å². The number of piperidine rings is 2. The Morgan fingerprint density at radius 1 is 0.886 bits per heavy atom. The summed E-state index contributed by atoms with van der Waals surface area (Å²) in [6.45, 7) is 3.32. The van der Waals surface area contributed by atoms with Crippen LogP contribution in [-0.4, -0.2) is 47.9 Å². The molecule has 0 atom stereocenters. The van der Waals surface area contributed by atoms with Gasteiger partial charge < -0.3 is 15.1 Å². The van der Waals surface area contributed by atoms with Crippen LogP contribution in [0, 0.1) is 5.92 Å². The summed E-state index contributed by atoms with van der Waals surface area (Å²) in [5.74, 6) is -0.0865. The first kappa shape index (κ1) is 23.1. The second-order valence-electron chi connectivity index (χ2n) is 9.43. The third-order valence-corrected chi connectivity index (χ3v) is 7.15. The fourth-order valence-electron chi connectivity index (χ4n) is 5.13. The largest absolute Gasteiger partial charge is 0.371 e. The molecule has 0 radical (unpaired) electrons. The summed E-state index contributed by atoms with van der Waals surface area (Å²) in [6, 6.07) is 16.0. The van der Waals surface area contributed by atoms with E-state index in [1.807, 2.05) is 65.8 Å². The Kier molecular flexibility index (Phi) is 7.07. The van der Waals surface area contributed by atoms with Crippen LogP contribution in [0.1, 0.15) is 37.7 Å². The summed E-state index contributed by atoms with van der Waals surface area (Å²) in [5.41, 5.74) is 3.03. The smallest absolute Gasteiger partial charge is 0.246 e. The van der Waals surface area contributed by atoms with Crippen LogP contribution in [0.2, 0.25) is 0 Å². The summed E-state index contributed by atoms with van der Waals surface area (Å²) in [4.78, 5) is 34.3. The van der Waals surface area contributed by atoms with Crippen molar-refractivity contribution in [3.05, 3.63) is 72.6 Å². The summed E-state index contributed by atoms with van der Waals surface area (Å²) in [7, 11) is 0. The average Bonchev–Trinajstić information content (AvgIpc) is 2.93. The number of hydrogen-bond acceptors (Lipinski definition) is 4. The second kappa shape index (κ2) is 10.7. The van der Waals surface area contributed by atoms with E-state index in [-0.39, 0.29) is 17.7 Å². The molecule has 35 heavy (non-hydrogen) atoms.